The number of methoxy groups -OCH3 is 1. The standard InChI is InChI=1S/C15H21N3OS/c1-4-8-16-10-14-11-17-15(20-14)18(2)12-6-5-7-13(9-12)19-3/h5-7,9,11,16H,4,8,10H2,1-3H3. The lowest BCUT2D eigenvalue weighted by Crippen LogP contribution is -2.12. The van der Waals surface area contributed by atoms with Gasteiger partial charge in [0.15, 0.2) is 5.13 Å². The molecule has 20 heavy (non-hydrogen) atoms. The van der Waals surface area contributed by atoms with Gasteiger partial charge in [-0.15, -0.1) is 11.3 Å². The Labute approximate surface area is 124 Å². The first-order chi connectivity index (χ1) is 9.74. The van der Waals surface area contributed by atoms with Crippen molar-refractivity contribution in [1.82, 2.24) is 10.3 Å². The Balaban J connectivity index is 2.06. The van der Waals surface area contributed by atoms with Gasteiger partial charge in [0.25, 0.3) is 0 Å². The Morgan fingerprint density at radius 3 is 3.00 bits per heavy atom. The van der Waals surface area contributed by atoms with Crippen LogP contribution in [-0.2, 0) is 6.54 Å². The zero-order valence-electron chi connectivity index (χ0n) is 12.2. The molecule has 5 heteroatoms. The Kier molecular flexibility index (Phi) is 5.38. The second kappa shape index (κ2) is 7.26. The van der Waals surface area contributed by atoms with Crippen molar-refractivity contribution in [3.05, 3.63) is 35.3 Å². The molecule has 0 aliphatic heterocycles. The summed E-state index contributed by atoms with van der Waals surface area (Å²) in [5.41, 5.74) is 1.08. The maximum Gasteiger partial charge on any atom is 0.189 e. The molecular weight excluding hydrogens is 270 g/mol. The third-order valence-electron chi connectivity index (χ3n) is 2.99. The van der Waals surface area contributed by atoms with Crippen molar-refractivity contribution in [3.8, 4) is 5.75 Å². The summed E-state index contributed by atoms with van der Waals surface area (Å²) in [6, 6.07) is 8.00. The number of rotatable bonds is 7. The summed E-state index contributed by atoms with van der Waals surface area (Å²) in [7, 11) is 3.71. The van der Waals surface area contributed by atoms with Crippen molar-refractivity contribution >= 4 is 22.2 Å². The average Bonchev–Trinajstić information content (AvgIpc) is 2.95. The second-order valence-corrected chi connectivity index (χ2v) is 5.64. The van der Waals surface area contributed by atoms with Crippen molar-refractivity contribution in [1.29, 1.82) is 0 Å². The van der Waals surface area contributed by atoms with E-state index in [9.17, 15) is 0 Å². The molecule has 0 spiro atoms. The van der Waals surface area contributed by atoms with E-state index in [1.807, 2.05) is 31.4 Å². The molecule has 0 amide bonds. The number of hydrogen-bond donors (Lipinski definition) is 1. The van der Waals surface area contributed by atoms with Gasteiger partial charge in [0.1, 0.15) is 5.75 Å². The molecule has 1 aromatic carbocycles. The van der Waals surface area contributed by atoms with Gasteiger partial charge in [0.05, 0.1) is 7.11 Å². The zero-order chi connectivity index (χ0) is 14.4. The predicted octanol–water partition coefficient (Wildman–Crippen LogP) is 3.42. The average molecular weight is 291 g/mol. The number of hydrogen-bond acceptors (Lipinski definition) is 5. The lowest BCUT2D eigenvalue weighted by atomic mass is 10.3. The fourth-order valence-electron chi connectivity index (χ4n) is 1.85. The second-order valence-electron chi connectivity index (χ2n) is 4.55. The molecule has 0 radical (unpaired) electrons. The largest absolute Gasteiger partial charge is 0.497 e. The SMILES string of the molecule is CCCNCc1cnc(N(C)c2cccc(OC)c2)s1. The van der Waals surface area contributed by atoms with Crippen LogP contribution in [0.3, 0.4) is 0 Å². The fraction of sp³-hybridized carbons (Fsp3) is 0.400. The maximum atomic E-state index is 5.26. The highest BCUT2D eigenvalue weighted by Gasteiger charge is 2.09. The van der Waals surface area contributed by atoms with Gasteiger partial charge in [0, 0.05) is 36.4 Å². The van der Waals surface area contributed by atoms with Crippen molar-refractivity contribution in [2.24, 2.45) is 0 Å². The summed E-state index contributed by atoms with van der Waals surface area (Å²) < 4.78 is 5.26. The number of anilines is 2. The summed E-state index contributed by atoms with van der Waals surface area (Å²) in [4.78, 5) is 7.82. The number of aromatic nitrogens is 1. The minimum absolute atomic E-state index is 0.857. The molecule has 1 N–H and O–H groups in total. The van der Waals surface area contributed by atoms with Gasteiger partial charge in [-0.25, -0.2) is 4.98 Å². The first-order valence-corrected chi connectivity index (χ1v) is 7.59. The van der Waals surface area contributed by atoms with Crippen molar-refractivity contribution in [3.63, 3.8) is 0 Å². The number of nitrogens with zero attached hydrogens (tertiary/aromatic N) is 2. The third-order valence-corrected chi connectivity index (χ3v) is 4.07. The van der Waals surface area contributed by atoms with Crippen LogP contribution >= 0.6 is 11.3 Å². The molecule has 2 rings (SSSR count). The molecule has 0 atom stereocenters. The number of nitrogens with one attached hydrogen (secondary N) is 1. The van der Waals surface area contributed by atoms with E-state index < -0.39 is 0 Å². The lowest BCUT2D eigenvalue weighted by molar-refractivity contribution is 0.415. The van der Waals surface area contributed by atoms with E-state index in [2.05, 4.69) is 28.2 Å². The van der Waals surface area contributed by atoms with Crippen LogP contribution in [-0.4, -0.2) is 25.7 Å². The highest BCUT2D eigenvalue weighted by Crippen LogP contribution is 2.29. The Morgan fingerprint density at radius 2 is 2.25 bits per heavy atom. The van der Waals surface area contributed by atoms with Crippen LogP contribution in [0.25, 0.3) is 0 Å². The summed E-state index contributed by atoms with van der Waals surface area (Å²) in [6.07, 6.45) is 3.09. The van der Waals surface area contributed by atoms with Crippen LogP contribution in [0.4, 0.5) is 10.8 Å². The first kappa shape index (κ1) is 14.8. The molecule has 0 saturated heterocycles. The molecule has 0 aliphatic carbocycles. The minimum atomic E-state index is 0.857. The Morgan fingerprint density at radius 1 is 1.40 bits per heavy atom. The summed E-state index contributed by atoms with van der Waals surface area (Å²) in [5.74, 6) is 0.857. The molecule has 4 nitrogen and oxygen atoms in total. The summed E-state index contributed by atoms with van der Waals surface area (Å²) in [5, 5.41) is 4.39. The molecule has 108 valence electrons. The quantitative estimate of drug-likeness (QED) is 0.793. The van der Waals surface area contributed by atoms with Gasteiger partial charge >= 0.3 is 0 Å². The third kappa shape index (κ3) is 3.71. The van der Waals surface area contributed by atoms with Gasteiger partial charge in [0.2, 0.25) is 0 Å². The van der Waals surface area contributed by atoms with Crippen LogP contribution in [0.15, 0.2) is 30.5 Å². The maximum absolute atomic E-state index is 5.26. The van der Waals surface area contributed by atoms with Gasteiger partial charge in [-0.05, 0) is 25.1 Å². The summed E-state index contributed by atoms with van der Waals surface area (Å²) in [6.45, 7) is 4.10. The van der Waals surface area contributed by atoms with Crippen LogP contribution in [0, 0.1) is 0 Å². The van der Waals surface area contributed by atoms with E-state index in [1.54, 1.807) is 18.4 Å². The number of benzene rings is 1. The first-order valence-electron chi connectivity index (χ1n) is 6.77. The van der Waals surface area contributed by atoms with Crippen LogP contribution in [0.2, 0.25) is 0 Å². The fourth-order valence-corrected chi connectivity index (χ4v) is 2.71. The normalized spacial score (nSPS) is 10.6. The molecule has 0 saturated carbocycles. The molecule has 0 bridgehead atoms. The minimum Gasteiger partial charge on any atom is -0.497 e. The zero-order valence-corrected chi connectivity index (χ0v) is 13.0. The molecule has 2 aromatic rings. The number of thiazole rings is 1. The van der Waals surface area contributed by atoms with Crippen molar-refractivity contribution in [2.75, 3.05) is 25.6 Å². The van der Waals surface area contributed by atoms with E-state index in [4.69, 9.17) is 4.74 Å². The van der Waals surface area contributed by atoms with Crippen LogP contribution < -0.4 is 15.0 Å². The van der Waals surface area contributed by atoms with Crippen molar-refractivity contribution in [2.45, 2.75) is 19.9 Å². The summed E-state index contributed by atoms with van der Waals surface area (Å²) >= 11 is 1.71. The molecule has 1 heterocycles. The molecule has 0 aliphatic rings. The highest BCUT2D eigenvalue weighted by molar-refractivity contribution is 7.15. The van der Waals surface area contributed by atoms with Gasteiger partial charge in [-0.3, -0.25) is 0 Å². The Bertz CT molecular complexity index is 541. The molecule has 1 aromatic heterocycles. The van der Waals surface area contributed by atoms with E-state index in [1.165, 1.54) is 4.88 Å². The van der Waals surface area contributed by atoms with E-state index in [0.29, 0.717) is 0 Å². The smallest absolute Gasteiger partial charge is 0.189 e. The Hall–Kier alpha value is -1.59. The van der Waals surface area contributed by atoms with Gasteiger partial charge in [-0.2, -0.15) is 0 Å². The highest BCUT2D eigenvalue weighted by atomic mass is 32.1. The molecular formula is C15H21N3OS. The molecule has 0 fully saturated rings. The topological polar surface area (TPSA) is 37.4 Å². The van der Waals surface area contributed by atoms with E-state index in [0.717, 1.165) is 36.1 Å². The number of ether oxygens (including phenoxy) is 1. The van der Waals surface area contributed by atoms with Crippen LogP contribution in [0.5, 0.6) is 5.75 Å². The van der Waals surface area contributed by atoms with Gasteiger partial charge in [-0.1, -0.05) is 13.0 Å². The van der Waals surface area contributed by atoms with Gasteiger partial charge < -0.3 is 15.0 Å². The van der Waals surface area contributed by atoms with Crippen LogP contribution in [0.1, 0.15) is 18.2 Å². The van der Waals surface area contributed by atoms with E-state index in [-0.39, 0.29) is 0 Å². The van der Waals surface area contributed by atoms with E-state index >= 15 is 0 Å². The lowest BCUT2D eigenvalue weighted by Gasteiger charge is -2.16. The van der Waals surface area contributed by atoms with Crippen molar-refractivity contribution < 1.29 is 4.74 Å². The monoisotopic (exact) mass is 291 g/mol. The molecule has 0 unspecified atom stereocenters. The predicted molar refractivity (Wildman–Crippen MR) is 85.2 cm³/mol.